The molecule has 0 spiro atoms. The van der Waals surface area contributed by atoms with E-state index in [1.807, 2.05) is 12.1 Å². The zero-order valence-corrected chi connectivity index (χ0v) is 11.2. The summed E-state index contributed by atoms with van der Waals surface area (Å²) in [7, 11) is 0. The minimum atomic E-state index is -0.939. The molecule has 1 N–H and O–H groups in total. The van der Waals surface area contributed by atoms with Crippen molar-refractivity contribution >= 4 is 6.29 Å². The highest BCUT2D eigenvalue weighted by Crippen LogP contribution is 2.23. The van der Waals surface area contributed by atoms with Crippen molar-refractivity contribution in [2.45, 2.75) is 51.6 Å². The molecule has 0 aliphatic rings. The van der Waals surface area contributed by atoms with E-state index in [0.29, 0.717) is 6.42 Å². The molecule has 0 aliphatic heterocycles. The molecule has 0 saturated carbocycles. The monoisotopic (exact) mass is 234 g/mol. The second kappa shape index (κ2) is 5.01. The zero-order valence-electron chi connectivity index (χ0n) is 11.2. The molecule has 0 aliphatic carbocycles. The van der Waals surface area contributed by atoms with Crippen LogP contribution in [0.15, 0.2) is 24.3 Å². The SMILES string of the molecule is CC(O)(CC=O)Cc1ccc(C(C)(C)C)cc1. The van der Waals surface area contributed by atoms with E-state index in [1.165, 1.54) is 5.56 Å². The van der Waals surface area contributed by atoms with Crippen LogP contribution in [0.5, 0.6) is 0 Å². The predicted octanol–water partition coefficient (Wildman–Crippen LogP) is 2.87. The lowest BCUT2D eigenvalue weighted by Crippen LogP contribution is -2.27. The number of carbonyl (C=O) groups excluding carboxylic acids is 1. The maximum atomic E-state index is 10.4. The number of aldehydes is 1. The molecule has 0 radical (unpaired) electrons. The lowest BCUT2D eigenvalue weighted by Gasteiger charge is -2.22. The van der Waals surface area contributed by atoms with Crippen molar-refractivity contribution in [3.05, 3.63) is 35.4 Å². The largest absolute Gasteiger partial charge is 0.389 e. The van der Waals surface area contributed by atoms with Gasteiger partial charge in [0.25, 0.3) is 0 Å². The zero-order chi connectivity index (χ0) is 13.1. The van der Waals surface area contributed by atoms with E-state index in [9.17, 15) is 9.90 Å². The van der Waals surface area contributed by atoms with E-state index in [1.54, 1.807) is 6.92 Å². The van der Waals surface area contributed by atoms with Crippen LogP contribution in [0.4, 0.5) is 0 Å². The van der Waals surface area contributed by atoms with Gasteiger partial charge in [-0.1, -0.05) is 45.0 Å². The summed E-state index contributed by atoms with van der Waals surface area (Å²) in [5, 5.41) is 9.97. The number of hydrogen-bond donors (Lipinski definition) is 1. The van der Waals surface area contributed by atoms with Gasteiger partial charge in [-0.15, -0.1) is 0 Å². The fraction of sp³-hybridized carbons (Fsp3) is 0.533. The summed E-state index contributed by atoms with van der Waals surface area (Å²) in [6.45, 7) is 8.21. The van der Waals surface area contributed by atoms with Gasteiger partial charge in [0.1, 0.15) is 6.29 Å². The highest BCUT2D eigenvalue weighted by Gasteiger charge is 2.20. The topological polar surface area (TPSA) is 37.3 Å². The molecule has 0 saturated heterocycles. The number of aliphatic hydroxyl groups is 1. The second-order valence-corrected chi connectivity index (χ2v) is 5.99. The van der Waals surface area contributed by atoms with Gasteiger partial charge in [-0.05, 0) is 23.5 Å². The molecule has 0 amide bonds. The van der Waals surface area contributed by atoms with E-state index >= 15 is 0 Å². The first-order valence-electron chi connectivity index (χ1n) is 6.00. The molecule has 94 valence electrons. The molecule has 1 aromatic rings. The third-order valence-electron chi connectivity index (χ3n) is 2.93. The fourth-order valence-corrected chi connectivity index (χ4v) is 1.81. The Balaban J connectivity index is 2.79. The Morgan fingerprint density at radius 2 is 1.65 bits per heavy atom. The second-order valence-electron chi connectivity index (χ2n) is 5.99. The van der Waals surface area contributed by atoms with Gasteiger partial charge in [-0.2, -0.15) is 0 Å². The molecule has 2 heteroatoms. The molecule has 1 unspecified atom stereocenters. The van der Waals surface area contributed by atoms with Crippen molar-refractivity contribution in [3.8, 4) is 0 Å². The van der Waals surface area contributed by atoms with Gasteiger partial charge in [0.2, 0.25) is 0 Å². The average Bonchev–Trinajstić information content (AvgIpc) is 2.16. The number of hydrogen-bond acceptors (Lipinski definition) is 2. The average molecular weight is 234 g/mol. The van der Waals surface area contributed by atoms with Crippen LogP contribution in [0.2, 0.25) is 0 Å². The van der Waals surface area contributed by atoms with Crippen LogP contribution in [0, 0.1) is 0 Å². The Labute approximate surface area is 104 Å². The van der Waals surface area contributed by atoms with Crippen LogP contribution in [0.3, 0.4) is 0 Å². The van der Waals surface area contributed by atoms with Crippen molar-refractivity contribution in [1.82, 2.24) is 0 Å². The molecule has 2 nitrogen and oxygen atoms in total. The Hall–Kier alpha value is -1.15. The third kappa shape index (κ3) is 4.31. The van der Waals surface area contributed by atoms with Crippen molar-refractivity contribution in [3.63, 3.8) is 0 Å². The van der Waals surface area contributed by atoms with Crippen LogP contribution < -0.4 is 0 Å². The van der Waals surface area contributed by atoms with Gasteiger partial charge in [-0.25, -0.2) is 0 Å². The van der Waals surface area contributed by atoms with Crippen molar-refractivity contribution in [1.29, 1.82) is 0 Å². The maximum Gasteiger partial charge on any atom is 0.122 e. The van der Waals surface area contributed by atoms with E-state index in [4.69, 9.17) is 0 Å². The van der Waals surface area contributed by atoms with Gasteiger partial charge >= 0.3 is 0 Å². The van der Waals surface area contributed by atoms with Crippen LogP contribution in [-0.4, -0.2) is 17.0 Å². The Morgan fingerprint density at radius 1 is 1.12 bits per heavy atom. The summed E-state index contributed by atoms with van der Waals surface area (Å²) in [5.41, 5.74) is 1.54. The summed E-state index contributed by atoms with van der Waals surface area (Å²) in [5.74, 6) is 0. The molecule has 0 fully saturated rings. The molecule has 1 rings (SSSR count). The van der Waals surface area contributed by atoms with Crippen LogP contribution in [-0.2, 0) is 16.6 Å². The first kappa shape index (κ1) is 13.9. The molecular weight excluding hydrogens is 212 g/mol. The summed E-state index contributed by atoms with van der Waals surface area (Å²) < 4.78 is 0. The number of carbonyl (C=O) groups is 1. The van der Waals surface area contributed by atoms with Crippen LogP contribution in [0.25, 0.3) is 0 Å². The highest BCUT2D eigenvalue weighted by atomic mass is 16.3. The molecule has 0 bridgehead atoms. The van der Waals surface area contributed by atoms with Crippen molar-refractivity contribution in [2.75, 3.05) is 0 Å². The highest BCUT2D eigenvalue weighted by molar-refractivity contribution is 5.51. The first-order chi connectivity index (χ1) is 7.74. The molecule has 0 aromatic heterocycles. The van der Waals surface area contributed by atoms with Gasteiger partial charge < -0.3 is 9.90 Å². The Morgan fingerprint density at radius 3 is 2.06 bits per heavy atom. The first-order valence-corrected chi connectivity index (χ1v) is 6.00. The minimum absolute atomic E-state index is 0.143. The quantitative estimate of drug-likeness (QED) is 0.813. The third-order valence-corrected chi connectivity index (χ3v) is 2.93. The Bertz CT molecular complexity index is 369. The van der Waals surface area contributed by atoms with E-state index in [2.05, 4.69) is 32.9 Å². The summed E-state index contributed by atoms with van der Waals surface area (Å²) in [6, 6.07) is 8.23. The maximum absolute atomic E-state index is 10.4. The fourth-order valence-electron chi connectivity index (χ4n) is 1.81. The smallest absolute Gasteiger partial charge is 0.122 e. The van der Waals surface area contributed by atoms with Crippen molar-refractivity contribution in [2.24, 2.45) is 0 Å². The van der Waals surface area contributed by atoms with Gasteiger partial charge in [0.05, 0.1) is 5.60 Å². The lowest BCUT2D eigenvalue weighted by atomic mass is 9.85. The molecule has 1 aromatic carbocycles. The molecule has 17 heavy (non-hydrogen) atoms. The molecule has 0 heterocycles. The molecule has 1 atom stereocenters. The number of rotatable bonds is 4. The minimum Gasteiger partial charge on any atom is -0.389 e. The summed E-state index contributed by atoms with van der Waals surface area (Å²) in [4.78, 5) is 10.4. The van der Waals surface area contributed by atoms with Gasteiger partial charge in [-0.3, -0.25) is 0 Å². The summed E-state index contributed by atoms with van der Waals surface area (Å²) >= 11 is 0. The normalized spacial score (nSPS) is 15.4. The Kier molecular flexibility index (Phi) is 4.10. The van der Waals surface area contributed by atoms with Crippen LogP contribution >= 0.6 is 0 Å². The van der Waals surface area contributed by atoms with E-state index in [0.717, 1.165) is 11.8 Å². The molecular formula is C15H22O2. The van der Waals surface area contributed by atoms with Crippen molar-refractivity contribution < 1.29 is 9.90 Å². The standard InChI is InChI=1S/C15H22O2/c1-14(2,3)13-7-5-12(6-8-13)11-15(4,17)9-10-16/h5-8,10,17H,9,11H2,1-4H3. The van der Waals surface area contributed by atoms with Gasteiger partial charge in [0, 0.05) is 12.8 Å². The predicted molar refractivity (Wildman–Crippen MR) is 70.2 cm³/mol. The summed E-state index contributed by atoms with van der Waals surface area (Å²) in [6.07, 6.45) is 1.45. The van der Waals surface area contributed by atoms with E-state index < -0.39 is 5.60 Å². The number of benzene rings is 1. The lowest BCUT2D eigenvalue weighted by molar-refractivity contribution is -0.111. The van der Waals surface area contributed by atoms with Gasteiger partial charge in [0.15, 0.2) is 0 Å². The van der Waals surface area contributed by atoms with E-state index in [-0.39, 0.29) is 11.8 Å². The van der Waals surface area contributed by atoms with Crippen LogP contribution in [0.1, 0.15) is 45.2 Å².